The lowest BCUT2D eigenvalue weighted by Gasteiger charge is -2.45. The van der Waals surface area contributed by atoms with Crippen LogP contribution in [0.15, 0.2) is 127 Å². The van der Waals surface area contributed by atoms with E-state index in [1.165, 1.54) is 6.08 Å². The first kappa shape index (κ1) is 41.0. The molecule has 288 valence electrons. The Morgan fingerprint density at radius 1 is 0.852 bits per heavy atom. The van der Waals surface area contributed by atoms with E-state index in [0.29, 0.717) is 25.2 Å². The Morgan fingerprint density at radius 2 is 1.41 bits per heavy atom. The summed E-state index contributed by atoms with van der Waals surface area (Å²) in [6.45, 7) is 14.8. The van der Waals surface area contributed by atoms with Crippen molar-refractivity contribution >= 4 is 24.7 Å². The Bertz CT molecular complexity index is 1750. The van der Waals surface area contributed by atoms with Crippen molar-refractivity contribution in [1.82, 2.24) is 0 Å². The predicted octanol–water partition coefficient (Wildman–Crippen LogP) is 8.80. The molecule has 54 heavy (non-hydrogen) atoms. The van der Waals surface area contributed by atoms with Gasteiger partial charge in [-0.25, -0.2) is 9.18 Å². The number of carbonyl (C=O) groups excluding carboxylic acids is 1. The third-order valence-electron chi connectivity index (χ3n) is 9.95. The molecule has 1 aliphatic rings. The molecule has 0 radical (unpaired) electrons. The fraction of sp³-hybridized carbons (Fsp3) is 0.400. The minimum Gasteiger partial charge on any atom is -0.497 e. The number of ether oxygens (including phenoxy) is 5. The van der Waals surface area contributed by atoms with Crippen LogP contribution < -0.4 is 15.1 Å². The van der Waals surface area contributed by atoms with Crippen LogP contribution in [0, 0.1) is 5.92 Å². The standard InChI is InChI=1S/C45H55FO7Si/c1-32(33(2)53-54(44(3,4)5,37-20-14-10-15-21-37)38-22-16-11-17-23-38)30-39(46)41(50-43(47)35-18-12-9-13-19-35)42-40(51-45(6,7)52-42)28-29-49-31-34-24-26-36(48-8)27-25-34/h9-27,30,32-33,40-42H,28-29,31H2,1-8H3/b39-30+/t32-,33-,40+,41?,42?/m1/s1. The fourth-order valence-corrected chi connectivity index (χ4v) is 11.8. The molecule has 7 nitrogen and oxygen atoms in total. The van der Waals surface area contributed by atoms with E-state index in [0.717, 1.165) is 21.7 Å². The molecule has 2 unspecified atom stereocenters. The highest BCUT2D eigenvalue weighted by molar-refractivity contribution is 6.99. The van der Waals surface area contributed by atoms with E-state index >= 15 is 4.39 Å². The fourth-order valence-electron chi connectivity index (χ4n) is 7.05. The maximum atomic E-state index is 17.0. The molecule has 1 aliphatic heterocycles. The van der Waals surface area contributed by atoms with E-state index in [9.17, 15) is 4.79 Å². The Hall–Kier alpha value is -4.12. The topological polar surface area (TPSA) is 72.5 Å². The monoisotopic (exact) mass is 754 g/mol. The van der Waals surface area contributed by atoms with E-state index in [-0.39, 0.29) is 5.04 Å². The molecule has 9 heteroatoms. The van der Waals surface area contributed by atoms with E-state index in [4.69, 9.17) is 28.1 Å². The van der Waals surface area contributed by atoms with Crippen molar-refractivity contribution in [3.8, 4) is 5.75 Å². The molecule has 0 amide bonds. The molecule has 5 atom stereocenters. The van der Waals surface area contributed by atoms with Crippen LogP contribution >= 0.6 is 0 Å². The van der Waals surface area contributed by atoms with E-state index in [2.05, 4.69) is 45.0 Å². The second kappa shape index (κ2) is 18.0. The van der Waals surface area contributed by atoms with Gasteiger partial charge in [-0.15, -0.1) is 0 Å². The maximum absolute atomic E-state index is 17.0. The van der Waals surface area contributed by atoms with Crippen LogP contribution in [0.1, 0.15) is 70.8 Å². The van der Waals surface area contributed by atoms with Gasteiger partial charge in [-0.2, -0.15) is 0 Å². The molecule has 1 saturated heterocycles. The second-order valence-electron chi connectivity index (χ2n) is 15.4. The average Bonchev–Trinajstić information content (AvgIpc) is 3.48. The first-order chi connectivity index (χ1) is 25.7. The normalized spacial score (nSPS) is 19.2. The molecule has 0 N–H and O–H groups in total. The Balaban J connectivity index is 1.41. The predicted molar refractivity (Wildman–Crippen MR) is 213 cm³/mol. The molecule has 1 fully saturated rings. The summed E-state index contributed by atoms with van der Waals surface area (Å²) in [4.78, 5) is 13.5. The zero-order valence-corrected chi connectivity index (χ0v) is 33.8. The first-order valence-corrected chi connectivity index (χ1v) is 20.6. The van der Waals surface area contributed by atoms with Gasteiger partial charge in [-0.05, 0) is 78.5 Å². The molecule has 4 aromatic rings. The number of carbonyl (C=O) groups is 1. The molecule has 5 rings (SSSR count). The van der Waals surface area contributed by atoms with Crippen LogP contribution in [-0.2, 0) is 30.0 Å². The number of esters is 1. The molecule has 0 saturated carbocycles. The number of methoxy groups -OCH3 is 1. The lowest BCUT2D eigenvalue weighted by Crippen LogP contribution is -2.67. The Morgan fingerprint density at radius 3 is 1.94 bits per heavy atom. The van der Waals surface area contributed by atoms with Gasteiger partial charge in [-0.1, -0.05) is 119 Å². The van der Waals surface area contributed by atoms with Crippen LogP contribution in [0.2, 0.25) is 5.04 Å². The highest BCUT2D eigenvalue weighted by atomic mass is 28.4. The minimum atomic E-state index is -2.93. The van der Waals surface area contributed by atoms with E-state index in [1.807, 2.05) is 80.6 Å². The van der Waals surface area contributed by atoms with Gasteiger partial charge in [0.1, 0.15) is 17.7 Å². The summed E-state index contributed by atoms with van der Waals surface area (Å²) >= 11 is 0. The zero-order valence-electron chi connectivity index (χ0n) is 32.8. The van der Waals surface area contributed by atoms with Crippen molar-refractivity contribution in [1.29, 1.82) is 0 Å². The summed E-state index contributed by atoms with van der Waals surface area (Å²) in [5, 5.41) is 2.01. The number of hydrogen-bond donors (Lipinski definition) is 0. The van der Waals surface area contributed by atoms with Crippen molar-refractivity contribution in [2.24, 2.45) is 5.92 Å². The first-order valence-electron chi connectivity index (χ1n) is 18.7. The van der Waals surface area contributed by atoms with Crippen LogP contribution in [0.4, 0.5) is 4.39 Å². The van der Waals surface area contributed by atoms with Gasteiger partial charge in [0, 0.05) is 18.6 Å². The molecule has 0 aliphatic carbocycles. The van der Waals surface area contributed by atoms with Crippen molar-refractivity contribution < 1.29 is 37.3 Å². The minimum absolute atomic E-state index is 0.261. The van der Waals surface area contributed by atoms with Crippen LogP contribution in [0.25, 0.3) is 0 Å². The van der Waals surface area contributed by atoms with Gasteiger partial charge < -0.3 is 28.1 Å². The summed E-state index contributed by atoms with van der Waals surface area (Å²) in [6.07, 6.45) is -1.45. The summed E-state index contributed by atoms with van der Waals surface area (Å²) < 4.78 is 54.2. The highest BCUT2D eigenvalue weighted by Gasteiger charge is 2.52. The van der Waals surface area contributed by atoms with Crippen molar-refractivity contribution in [3.63, 3.8) is 0 Å². The van der Waals surface area contributed by atoms with Crippen molar-refractivity contribution in [2.45, 2.75) is 96.7 Å². The number of halogens is 1. The van der Waals surface area contributed by atoms with E-state index in [1.54, 1.807) is 45.2 Å². The largest absolute Gasteiger partial charge is 0.497 e. The van der Waals surface area contributed by atoms with Crippen LogP contribution in [-0.4, -0.2) is 58.2 Å². The van der Waals surface area contributed by atoms with Gasteiger partial charge in [0.15, 0.2) is 11.9 Å². The number of benzene rings is 4. The lowest BCUT2D eigenvalue weighted by atomic mass is 10.00. The van der Waals surface area contributed by atoms with E-state index < -0.39 is 56.2 Å². The summed E-state index contributed by atoms with van der Waals surface area (Å²) in [5.74, 6) is -1.97. The SMILES string of the molecule is COc1ccc(COCC[C@@H]2OC(C)(C)OC2C(OC(=O)c2ccccc2)/C(F)=C\[C@@H](C)[C@@H](C)O[Si](c2ccccc2)(c2ccccc2)C(C)(C)C)cc1. The third-order valence-corrected chi connectivity index (χ3v) is 15.1. The highest BCUT2D eigenvalue weighted by Crippen LogP contribution is 2.39. The van der Waals surface area contributed by atoms with Gasteiger partial charge >= 0.3 is 5.97 Å². The van der Waals surface area contributed by atoms with Crippen molar-refractivity contribution in [2.75, 3.05) is 13.7 Å². The van der Waals surface area contributed by atoms with Crippen LogP contribution in [0.3, 0.4) is 0 Å². The molecular formula is C45H55FO7Si. The Kier molecular flexibility index (Phi) is 13.7. The Labute approximate surface area is 321 Å². The lowest BCUT2D eigenvalue weighted by molar-refractivity contribution is -0.155. The van der Waals surface area contributed by atoms with Gasteiger partial charge in [0.25, 0.3) is 8.32 Å². The molecule has 0 aromatic heterocycles. The quantitative estimate of drug-likeness (QED) is 0.0644. The molecule has 0 bridgehead atoms. The summed E-state index contributed by atoms with van der Waals surface area (Å²) in [5.41, 5.74) is 1.30. The van der Waals surface area contributed by atoms with Gasteiger partial charge in [0.05, 0.1) is 25.4 Å². The summed E-state index contributed by atoms with van der Waals surface area (Å²) in [7, 11) is -1.30. The number of hydrogen-bond acceptors (Lipinski definition) is 7. The molecule has 1 heterocycles. The molecular weight excluding hydrogens is 700 g/mol. The second-order valence-corrected chi connectivity index (χ2v) is 19.7. The molecule has 0 spiro atoms. The zero-order chi connectivity index (χ0) is 38.9. The van der Waals surface area contributed by atoms with Crippen LogP contribution in [0.5, 0.6) is 5.75 Å². The smallest absolute Gasteiger partial charge is 0.338 e. The maximum Gasteiger partial charge on any atom is 0.338 e. The average molecular weight is 755 g/mol. The summed E-state index contributed by atoms with van der Waals surface area (Å²) in [6, 6.07) is 37.0. The molecule has 4 aromatic carbocycles. The van der Waals surface area contributed by atoms with Gasteiger partial charge in [-0.3, -0.25) is 0 Å². The number of rotatable bonds is 16. The third kappa shape index (κ3) is 9.94. The van der Waals surface area contributed by atoms with Crippen molar-refractivity contribution in [3.05, 3.63) is 138 Å². The van der Waals surface area contributed by atoms with Gasteiger partial charge in [0.2, 0.25) is 0 Å².